The summed E-state index contributed by atoms with van der Waals surface area (Å²) in [6.45, 7) is 5.13. The van der Waals surface area contributed by atoms with E-state index < -0.39 is 0 Å². The molecule has 0 bridgehead atoms. The van der Waals surface area contributed by atoms with Crippen molar-refractivity contribution < 1.29 is 0 Å². The molecule has 2 aromatic heterocycles. The Morgan fingerprint density at radius 1 is 1.44 bits per heavy atom. The predicted molar refractivity (Wildman–Crippen MR) is 70.4 cm³/mol. The summed E-state index contributed by atoms with van der Waals surface area (Å²) in [5.41, 5.74) is 1.98. The molecule has 0 aliphatic carbocycles. The van der Waals surface area contributed by atoms with Gasteiger partial charge in [0.2, 0.25) is 0 Å². The van der Waals surface area contributed by atoms with Crippen LogP contribution in [0.3, 0.4) is 0 Å². The molecule has 1 N–H and O–H groups in total. The summed E-state index contributed by atoms with van der Waals surface area (Å²) < 4.78 is 5.73. The number of rotatable bonds is 6. The van der Waals surface area contributed by atoms with E-state index in [0.717, 1.165) is 30.8 Å². The first-order valence-electron chi connectivity index (χ1n) is 6.08. The van der Waals surface area contributed by atoms with Crippen molar-refractivity contribution >= 4 is 11.5 Å². The largest absolute Gasteiger partial charge is 0.309 e. The normalized spacial score (nSPS) is 12.8. The van der Waals surface area contributed by atoms with Gasteiger partial charge in [0.1, 0.15) is 0 Å². The summed E-state index contributed by atoms with van der Waals surface area (Å²) in [6.07, 6.45) is 3.87. The van der Waals surface area contributed by atoms with Crippen LogP contribution in [-0.4, -0.2) is 31.1 Å². The summed E-state index contributed by atoms with van der Waals surface area (Å²) in [5, 5.41) is 15.7. The van der Waals surface area contributed by atoms with Gasteiger partial charge < -0.3 is 5.32 Å². The average Bonchev–Trinajstić information content (AvgIpc) is 2.93. The molecular formula is C11H18N6S. The molecule has 0 aliphatic heterocycles. The topological polar surface area (TPSA) is 68.5 Å². The molecule has 2 aromatic rings. The van der Waals surface area contributed by atoms with Crippen LogP contribution < -0.4 is 5.32 Å². The predicted octanol–water partition coefficient (Wildman–Crippen LogP) is 1.26. The molecule has 18 heavy (non-hydrogen) atoms. The second kappa shape index (κ2) is 6.01. The van der Waals surface area contributed by atoms with Crippen LogP contribution in [0.15, 0.2) is 6.20 Å². The molecule has 7 heteroatoms. The highest BCUT2D eigenvalue weighted by atomic mass is 32.1. The third kappa shape index (κ3) is 3.11. The van der Waals surface area contributed by atoms with Gasteiger partial charge in [0.15, 0.2) is 0 Å². The average molecular weight is 266 g/mol. The molecule has 0 amide bonds. The van der Waals surface area contributed by atoms with E-state index in [2.05, 4.69) is 32.1 Å². The van der Waals surface area contributed by atoms with Crippen LogP contribution in [0.5, 0.6) is 0 Å². The molecule has 6 nitrogen and oxygen atoms in total. The molecule has 0 saturated heterocycles. The number of nitrogens with one attached hydrogen (secondary N) is 1. The number of aryl methyl sites for hydroxylation is 2. The van der Waals surface area contributed by atoms with Crippen molar-refractivity contribution in [2.45, 2.75) is 32.7 Å². The van der Waals surface area contributed by atoms with Crippen LogP contribution in [0.4, 0.5) is 0 Å². The van der Waals surface area contributed by atoms with Gasteiger partial charge in [-0.2, -0.15) is 0 Å². The Morgan fingerprint density at radius 3 is 2.83 bits per heavy atom. The number of hydrogen-bond donors (Lipinski definition) is 1. The smallest absolute Gasteiger partial charge is 0.0846 e. The molecule has 98 valence electrons. The van der Waals surface area contributed by atoms with Gasteiger partial charge in [-0.25, -0.2) is 0 Å². The van der Waals surface area contributed by atoms with Crippen LogP contribution >= 0.6 is 11.5 Å². The Balaban J connectivity index is 2.12. The standard InChI is InChI=1S/C11H18N6S/c1-4-5-12-10(11-8(2)13-16-18-11)6-9-7-17(3)15-14-9/h7,10,12H,4-6H2,1-3H3. The van der Waals surface area contributed by atoms with Crippen LogP contribution in [-0.2, 0) is 13.5 Å². The van der Waals surface area contributed by atoms with Gasteiger partial charge in [0.05, 0.1) is 22.3 Å². The fraction of sp³-hybridized carbons (Fsp3) is 0.636. The number of aromatic nitrogens is 5. The van der Waals surface area contributed by atoms with Gasteiger partial charge in [-0.05, 0) is 31.4 Å². The molecule has 2 heterocycles. The second-order valence-corrected chi connectivity index (χ2v) is 5.10. The van der Waals surface area contributed by atoms with Crippen LogP contribution in [0.2, 0.25) is 0 Å². The molecule has 0 radical (unpaired) electrons. The van der Waals surface area contributed by atoms with E-state index in [-0.39, 0.29) is 6.04 Å². The third-order valence-corrected chi connectivity index (χ3v) is 3.65. The van der Waals surface area contributed by atoms with Crippen molar-refractivity contribution in [1.29, 1.82) is 0 Å². The molecule has 1 unspecified atom stereocenters. The lowest BCUT2D eigenvalue weighted by Crippen LogP contribution is -2.24. The van der Waals surface area contributed by atoms with Gasteiger partial charge in [0.25, 0.3) is 0 Å². The van der Waals surface area contributed by atoms with Crippen LogP contribution in [0.25, 0.3) is 0 Å². The van der Waals surface area contributed by atoms with Crippen molar-refractivity contribution in [2.75, 3.05) is 6.54 Å². The maximum atomic E-state index is 4.14. The van der Waals surface area contributed by atoms with Gasteiger partial charge >= 0.3 is 0 Å². The molecule has 0 aromatic carbocycles. The first kappa shape index (κ1) is 13.1. The summed E-state index contributed by atoms with van der Waals surface area (Å²) in [7, 11) is 1.88. The van der Waals surface area contributed by atoms with Crippen molar-refractivity contribution in [3.8, 4) is 0 Å². The first-order valence-corrected chi connectivity index (χ1v) is 6.85. The lowest BCUT2D eigenvalue weighted by Gasteiger charge is -2.15. The van der Waals surface area contributed by atoms with Gasteiger partial charge in [0, 0.05) is 19.7 Å². The van der Waals surface area contributed by atoms with E-state index in [4.69, 9.17) is 0 Å². The van der Waals surface area contributed by atoms with Gasteiger partial charge in [-0.3, -0.25) is 4.68 Å². The maximum absolute atomic E-state index is 4.14. The molecular weight excluding hydrogens is 248 g/mol. The van der Waals surface area contributed by atoms with Crippen molar-refractivity contribution in [2.24, 2.45) is 7.05 Å². The highest BCUT2D eigenvalue weighted by molar-refractivity contribution is 7.05. The Morgan fingerprint density at radius 2 is 2.28 bits per heavy atom. The lowest BCUT2D eigenvalue weighted by molar-refractivity contribution is 0.528. The summed E-state index contributed by atoms with van der Waals surface area (Å²) >= 11 is 1.46. The summed E-state index contributed by atoms with van der Waals surface area (Å²) in [5.74, 6) is 0. The SMILES string of the molecule is CCCNC(Cc1cn(C)nn1)c1snnc1C. The monoisotopic (exact) mass is 266 g/mol. The Kier molecular flexibility index (Phi) is 4.38. The van der Waals surface area contributed by atoms with E-state index >= 15 is 0 Å². The maximum Gasteiger partial charge on any atom is 0.0846 e. The van der Waals surface area contributed by atoms with Crippen LogP contribution in [0, 0.1) is 6.92 Å². The number of nitrogens with zero attached hydrogens (tertiary/aromatic N) is 5. The zero-order chi connectivity index (χ0) is 13.0. The summed E-state index contributed by atoms with van der Waals surface area (Å²) in [6, 6.07) is 0.224. The van der Waals surface area contributed by atoms with Gasteiger partial charge in [-0.1, -0.05) is 16.6 Å². The second-order valence-electron chi connectivity index (χ2n) is 4.32. The van der Waals surface area contributed by atoms with Crippen molar-refractivity contribution in [3.63, 3.8) is 0 Å². The zero-order valence-electron chi connectivity index (χ0n) is 10.9. The first-order chi connectivity index (χ1) is 8.70. The Labute approximate surface area is 111 Å². The minimum absolute atomic E-state index is 0.224. The molecule has 0 fully saturated rings. The van der Waals surface area contributed by atoms with Gasteiger partial charge in [-0.15, -0.1) is 10.2 Å². The van der Waals surface area contributed by atoms with E-state index in [1.54, 1.807) is 4.68 Å². The van der Waals surface area contributed by atoms with E-state index in [0.29, 0.717) is 0 Å². The quantitative estimate of drug-likeness (QED) is 0.852. The summed E-state index contributed by atoms with van der Waals surface area (Å²) in [4.78, 5) is 1.19. The fourth-order valence-electron chi connectivity index (χ4n) is 1.83. The molecule has 0 aliphatic rings. The minimum Gasteiger partial charge on any atom is -0.309 e. The van der Waals surface area contributed by atoms with Crippen molar-refractivity contribution in [3.05, 3.63) is 22.5 Å². The van der Waals surface area contributed by atoms with Crippen LogP contribution in [0.1, 0.15) is 35.7 Å². The Bertz CT molecular complexity index is 491. The van der Waals surface area contributed by atoms with E-state index in [1.807, 2.05) is 20.2 Å². The van der Waals surface area contributed by atoms with E-state index in [9.17, 15) is 0 Å². The zero-order valence-corrected chi connectivity index (χ0v) is 11.7. The molecule has 0 saturated carbocycles. The Hall–Kier alpha value is -1.34. The highest BCUT2D eigenvalue weighted by Gasteiger charge is 2.18. The third-order valence-electron chi connectivity index (χ3n) is 2.71. The minimum atomic E-state index is 0.224. The van der Waals surface area contributed by atoms with E-state index in [1.165, 1.54) is 16.4 Å². The molecule has 0 spiro atoms. The molecule has 2 rings (SSSR count). The number of hydrogen-bond acceptors (Lipinski definition) is 6. The lowest BCUT2D eigenvalue weighted by atomic mass is 10.1. The highest BCUT2D eigenvalue weighted by Crippen LogP contribution is 2.22. The fourth-order valence-corrected chi connectivity index (χ4v) is 2.55. The van der Waals surface area contributed by atoms with Crippen molar-refractivity contribution in [1.82, 2.24) is 29.9 Å². The molecule has 1 atom stereocenters.